The average Bonchev–Trinajstić information content (AvgIpc) is 3.01. The zero-order valence-corrected chi connectivity index (χ0v) is 17.2. The van der Waals surface area contributed by atoms with E-state index in [0.717, 1.165) is 28.4 Å². The Hall–Kier alpha value is -3.43. The molecule has 2 heterocycles. The summed E-state index contributed by atoms with van der Waals surface area (Å²) in [4.78, 5) is 30.4. The number of hydrogen-bond acceptors (Lipinski definition) is 7. The van der Waals surface area contributed by atoms with Crippen LogP contribution in [0.4, 0.5) is 5.69 Å². The minimum absolute atomic E-state index is 0.263. The highest BCUT2D eigenvalue weighted by Crippen LogP contribution is 2.37. The van der Waals surface area contributed by atoms with Gasteiger partial charge in [-0.15, -0.1) is 0 Å². The summed E-state index contributed by atoms with van der Waals surface area (Å²) in [5.41, 5.74) is 1.31. The van der Waals surface area contributed by atoms with Gasteiger partial charge in [0.05, 0.1) is 28.9 Å². The van der Waals surface area contributed by atoms with Gasteiger partial charge in [-0.2, -0.15) is 0 Å². The quantitative estimate of drug-likeness (QED) is 0.465. The molecule has 1 aromatic heterocycles. The molecule has 1 fully saturated rings. The lowest BCUT2D eigenvalue weighted by atomic mass is 10.1. The molecule has 150 valence electrons. The molecule has 0 radical (unpaired) electrons. The van der Waals surface area contributed by atoms with Crippen LogP contribution in [0.1, 0.15) is 16.1 Å². The van der Waals surface area contributed by atoms with Crippen molar-refractivity contribution < 1.29 is 24.5 Å². The number of carbonyl (C=O) groups excluding carboxylic acids is 1. The van der Waals surface area contributed by atoms with Gasteiger partial charge in [-0.3, -0.25) is 9.69 Å². The molecule has 0 atom stereocenters. The summed E-state index contributed by atoms with van der Waals surface area (Å²) in [5, 5.41) is 19.8. The van der Waals surface area contributed by atoms with E-state index < -0.39 is 5.97 Å². The van der Waals surface area contributed by atoms with Crippen LogP contribution in [0.25, 0.3) is 17.0 Å². The van der Waals surface area contributed by atoms with Crippen molar-refractivity contribution in [1.29, 1.82) is 0 Å². The van der Waals surface area contributed by atoms with Crippen LogP contribution < -0.4 is 9.64 Å². The fraction of sp³-hybridized carbons (Fsp3) is 0.0476. The van der Waals surface area contributed by atoms with Gasteiger partial charge in [0.15, 0.2) is 4.32 Å². The molecule has 3 aromatic rings. The number of pyridine rings is 1. The number of rotatable bonds is 4. The van der Waals surface area contributed by atoms with Crippen LogP contribution in [0.2, 0.25) is 0 Å². The van der Waals surface area contributed by atoms with Crippen LogP contribution in [0.3, 0.4) is 0 Å². The van der Waals surface area contributed by atoms with Crippen molar-refractivity contribution in [2.24, 2.45) is 0 Å². The molecule has 0 aliphatic carbocycles. The van der Waals surface area contributed by atoms with Crippen molar-refractivity contribution in [2.75, 3.05) is 12.0 Å². The second-order valence-electron chi connectivity index (χ2n) is 6.32. The summed E-state index contributed by atoms with van der Waals surface area (Å²) in [6, 6.07) is 13.1. The Balaban J connectivity index is 1.67. The molecule has 1 aliphatic rings. The van der Waals surface area contributed by atoms with Crippen molar-refractivity contribution in [3.05, 3.63) is 64.7 Å². The number of thioether (sulfide) groups is 1. The number of methoxy groups -OCH3 is 1. The molecule has 9 heteroatoms. The van der Waals surface area contributed by atoms with E-state index in [4.69, 9.17) is 17.0 Å². The van der Waals surface area contributed by atoms with Crippen molar-refractivity contribution in [3.63, 3.8) is 0 Å². The van der Waals surface area contributed by atoms with E-state index in [9.17, 15) is 19.8 Å². The van der Waals surface area contributed by atoms with Gasteiger partial charge >= 0.3 is 5.97 Å². The standard InChI is InChI=1S/C21H14N2O5S2/c1-28-14-5-6-16-11(8-14)2-3-12(22-16)9-18-19(25)23(21(29)30-18)13-4-7-17(24)15(10-13)20(26)27/h2-10,24H,1H3,(H,26,27)/b18-9+. The zero-order valence-electron chi connectivity index (χ0n) is 15.5. The van der Waals surface area contributed by atoms with Gasteiger partial charge in [0.1, 0.15) is 17.1 Å². The molecule has 2 N–H and O–H groups in total. The highest BCUT2D eigenvalue weighted by Gasteiger charge is 2.34. The number of aromatic hydroxyl groups is 1. The van der Waals surface area contributed by atoms with Crippen LogP contribution >= 0.6 is 24.0 Å². The fourth-order valence-electron chi connectivity index (χ4n) is 2.99. The van der Waals surface area contributed by atoms with Crippen LogP contribution in [-0.4, -0.2) is 38.5 Å². The summed E-state index contributed by atoms with van der Waals surface area (Å²) in [6.45, 7) is 0. The van der Waals surface area contributed by atoms with Gasteiger partial charge < -0.3 is 14.9 Å². The molecule has 30 heavy (non-hydrogen) atoms. The number of carbonyl (C=O) groups is 2. The number of carboxylic acids is 1. The minimum Gasteiger partial charge on any atom is -0.507 e. The highest BCUT2D eigenvalue weighted by atomic mass is 32.2. The highest BCUT2D eigenvalue weighted by molar-refractivity contribution is 8.27. The number of fused-ring (bicyclic) bond motifs is 1. The van der Waals surface area contributed by atoms with E-state index in [2.05, 4.69) is 4.98 Å². The van der Waals surface area contributed by atoms with E-state index in [1.165, 1.54) is 23.1 Å². The first kappa shape index (κ1) is 19.9. The Bertz CT molecular complexity index is 1260. The topological polar surface area (TPSA) is 100.0 Å². The number of anilines is 1. The molecular weight excluding hydrogens is 424 g/mol. The van der Waals surface area contributed by atoms with Crippen molar-refractivity contribution in [2.45, 2.75) is 0 Å². The third-order valence-corrected chi connectivity index (χ3v) is 5.76. The Morgan fingerprint density at radius 2 is 2.00 bits per heavy atom. The van der Waals surface area contributed by atoms with Crippen molar-refractivity contribution in [3.8, 4) is 11.5 Å². The second-order valence-corrected chi connectivity index (χ2v) is 7.99. The maximum Gasteiger partial charge on any atom is 0.339 e. The minimum atomic E-state index is -1.30. The molecule has 7 nitrogen and oxygen atoms in total. The number of phenols is 1. The number of benzene rings is 2. The molecule has 4 rings (SSSR count). The van der Waals surface area contributed by atoms with E-state index in [1.54, 1.807) is 19.3 Å². The largest absolute Gasteiger partial charge is 0.507 e. The molecule has 1 amide bonds. The van der Waals surface area contributed by atoms with Crippen LogP contribution in [-0.2, 0) is 4.79 Å². The molecule has 0 spiro atoms. The molecule has 1 aliphatic heterocycles. The van der Waals surface area contributed by atoms with E-state index in [0.29, 0.717) is 10.6 Å². The summed E-state index contributed by atoms with van der Waals surface area (Å²) >= 11 is 6.42. The lowest BCUT2D eigenvalue weighted by Crippen LogP contribution is -2.27. The summed E-state index contributed by atoms with van der Waals surface area (Å²) in [5.74, 6) is -1.34. The number of aromatic carboxylic acids is 1. The lowest BCUT2D eigenvalue weighted by molar-refractivity contribution is -0.113. The SMILES string of the molecule is COc1ccc2nc(/C=C3/SC(=S)N(c4ccc(O)c(C(=O)O)c4)C3=O)ccc2c1. The number of carboxylic acid groups (broad SMARTS) is 1. The third-order valence-electron chi connectivity index (χ3n) is 4.46. The molecule has 0 saturated carbocycles. The predicted molar refractivity (Wildman–Crippen MR) is 119 cm³/mol. The van der Waals surface area contributed by atoms with Gasteiger partial charge in [-0.05, 0) is 48.5 Å². The Morgan fingerprint density at radius 1 is 1.20 bits per heavy atom. The number of ether oxygens (including phenoxy) is 1. The van der Waals surface area contributed by atoms with E-state index in [1.807, 2.05) is 24.3 Å². The summed E-state index contributed by atoms with van der Waals surface area (Å²) in [6.07, 6.45) is 1.64. The first-order valence-corrected chi connectivity index (χ1v) is 9.89. The second kappa shape index (κ2) is 7.77. The number of nitrogens with zero attached hydrogens (tertiary/aromatic N) is 2. The number of aromatic nitrogens is 1. The monoisotopic (exact) mass is 438 g/mol. The van der Waals surface area contributed by atoms with Gasteiger partial charge in [-0.1, -0.05) is 30.0 Å². The molecule has 2 aromatic carbocycles. The third kappa shape index (κ3) is 3.60. The van der Waals surface area contributed by atoms with Gasteiger partial charge in [0.25, 0.3) is 5.91 Å². The lowest BCUT2D eigenvalue weighted by Gasteiger charge is -2.15. The Kier molecular flexibility index (Phi) is 5.15. The van der Waals surface area contributed by atoms with Gasteiger partial charge in [0.2, 0.25) is 0 Å². The maximum absolute atomic E-state index is 12.9. The molecule has 0 unspecified atom stereocenters. The summed E-state index contributed by atoms with van der Waals surface area (Å²) < 4.78 is 5.47. The number of thiocarbonyl (C=S) groups is 1. The smallest absolute Gasteiger partial charge is 0.339 e. The summed E-state index contributed by atoms with van der Waals surface area (Å²) in [7, 11) is 1.60. The molecule has 1 saturated heterocycles. The van der Waals surface area contributed by atoms with Crippen LogP contribution in [0.5, 0.6) is 11.5 Å². The van der Waals surface area contributed by atoms with Crippen molar-refractivity contribution in [1.82, 2.24) is 4.98 Å². The zero-order chi connectivity index (χ0) is 21.4. The Labute approximate surface area is 180 Å². The predicted octanol–water partition coefficient (Wildman–Crippen LogP) is 4.05. The normalized spacial score (nSPS) is 15.2. The number of hydrogen-bond donors (Lipinski definition) is 2. The van der Waals surface area contributed by atoms with Gasteiger partial charge in [0, 0.05) is 5.39 Å². The van der Waals surface area contributed by atoms with Gasteiger partial charge in [-0.25, -0.2) is 9.78 Å². The van der Waals surface area contributed by atoms with Crippen LogP contribution in [0, 0.1) is 0 Å². The Morgan fingerprint density at radius 3 is 2.73 bits per heavy atom. The molecule has 0 bridgehead atoms. The average molecular weight is 438 g/mol. The van der Waals surface area contributed by atoms with E-state index >= 15 is 0 Å². The molecular formula is C21H14N2O5S2. The maximum atomic E-state index is 12.9. The van der Waals surface area contributed by atoms with E-state index in [-0.39, 0.29) is 27.2 Å². The fourth-order valence-corrected chi connectivity index (χ4v) is 4.27. The first-order chi connectivity index (χ1) is 14.4. The van der Waals surface area contributed by atoms with Crippen LogP contribution in [0.15, 0.2) is 53.4 Å². The number of amides is 1. The van der Waals surface area contributed by atoms with Crippen molar-refractivity contribution >= 4 is 62.8 Å². The first-order valence-electron chi connectivity index (χ1n) is 8.66.